The van der Waals surface area contributed by atoms with Gasteiger partial charge in [0.1, 0.15) is 6.10 Å². The van der Waals surface area contributed by atoms with Gasteiger partial charge < -0.3 is 5.11 Å². The molecule has 4 nitrogen and oxygen atoms in total. The van der Waals surface area contributed by atoms with Crippen LogP contribution in [0.3, 0.4) is 0 Å². The highest BCUT2D eigenvalue weighted by Crippen LogP contribution is 2.07. The van der Waals surface area contributed by atoms with Gasteiger partial charge in [-0.2, -0.15) is 0 Å². The van der Waals surface area contributed by atoms with E-state index in [0.717, 1.165) is 44.9 Å². The lowest BCUT2D eigenvalue weighted by molar-refractivity contribution is -0.267. The molecule has 0 bridgehead atoms. The van der Waals surface area contributed by atoms with Gasteiger partial charge in [0.25, 0.3) is 0 Å². The average Bonchev–Trinajstić information content (AvgIpc) is 2.57. The van der Waals surface area contributed by atoms with Crippen LogP contribution in [0, 0.1) is 0 Å². The van der Waals surface area contributed by atoms with Crippen LogP contribution in [0.15, 0.2) is 48.6 Å². The third-order valence-corrected chi connectivity index (χ3v) is 3.44. The minimum atomic E-state index is -0.734. The molecular formula is C20H32O4. The Kier molecular flexibility index (Phi) is 16.5. The van der Waals surface area contributed by atoms with E-state index in [0.29, 0.717) is 6.42 Å². The van der Waals surface area contributed by atoms with Crippen molar-refractivity contribution in [1.29, 1.82) is 0 Å². The van der Waals surface area contributed by atoms with Gasteiger partial charge in [0, 0.05) is 6.42 Å². The predicted octanol–water partition coefficient (Wildman–Crippen LogP) is 5.68. The van der Waals surface area contributed by atoms with Crippen molar-refractivity contribution < 1.29 is 20.0 Å². The van der Waals surface area contributed by atoms with E-state index < -0.39 is 5.97 Å². The van der Waals surface area contributed by atoms with Crippen LogP contribution in [-0.4, -0.2) is 22.4 Å². The number of allylic oxidation sites excluding steroid dienone is 7. The van der Waals surface area contributed by atoms with E-state index in [-0.39, 0.29) is 12.5 Å². The summed E-state index contributed by atoms with van der Waals surface area (Å²) in [6.45, 7) is 2.15. The minimum Gasteiger partial charge on any atom is -0.481 e. The van der Waals surface area contributed by atoms with Crippen LogP contribution in [-0.2, 0) is 9.68 Å². The van der Waals surface area contributed by atoms with E-state index in [4.69, 9.17) is 10.4 Å². The Morgan fingerprint density at radius 1 is 1.00 bits per heavy atom. The largest absolute Gasteiger partial charge is 0.481 e. The first-order valence-corrected chi connectivity index (χ1v) is 8.86. The van der Waals surface area contributed by atoms with Crippen molar-refractivity contribution >= 4 is 5.97 Å². The molecule has 0 aromatic rings. The molecule has 0 spiro atoms. The molecule has 0 amide bonds. The summed E-state index contributed by atoms with van der Waals surface area (Å²) in [7, 11) is 0. The monoisotopic (exact) mass is 336 g/mol. The maximum Gasteiger partial charge on any atom is 0.303 e. The molecule has 0 aliphatic carbocycles. The van der Waals surface area contributed by atoms with Gasteiger partial charge in [-0.1, -0.05) is 74.8 Å². The van der Waals surface area contributed by atoms with Crippen LogP contribution in [0.2, 0.25) is 0 Å². The number of carbonyl (C=O) groups is 1. The van der Waals surface area contributed by atoms with E-state index in [9.17, 15) is 4.79 Å². The number of unbranched alkanes of at least 4 members (excludes halogenated alkanes) is 3. The molecule has 24 heavy (non-hydrogen) atoms. The van der Waals surface area contributed by atoms with Crippen LogP contribution in [0.25, 0.3) is 0 Å². The molecule has 0 radical (unpaired) electrons. The zero-order chi connectivity index (χ0) is 17.9. The fourth-order valence-corrected chi connectivity index (χ4v) is 2.06. The maximum atomic E-state index is 10.3. The third kappa shape index (κ3) is 16.7. The van der Waals surface area contributed by atoms with Crippen molar-refractivity contribution in [2.24, 2.45) is 0 Å². The van der Waals surface area contributed by atoms with Gasteiger partial charge in [-0.15, -0.1) is 0 Å². The molecule has 2 N–H and O–H groups in total. The minimum absolute atomic E-state index is 0.219. The summed E-state index contributed by atoms with van der Waals surface area (Å²) < 4.78 is 0. The lowest BCUT2D eigenvalue weighted by Gasteiger charge is -2.07. The molecule has 0 unspecified atom stereocenters. The first-order valence-electron chi connectivity index (χ1n) is 8.86. The zero-order valence-corrected chi connectivity index (χ0v) is 14.8. The van der Waals surface area contributed by atoms with Gasteiger partial charge in [-0.25, -0.2) is 4.89 Å². The first-order chi connectivity index (χ1) is 11.7. The summed E-state index contributed by atoms with van der Waals surface area (Å²) in [5.74, 6) is -0.734. The van der Waals surface area contributed by atoms with Crippen LogP contribution in [0.1, 0.15) is 64.7 Å². The molecule has 0 saturated heterocycles. The molecule has 1 atom stereocenters. The smallest absolute Gasteiger partial charge is 0.303 e. The lowest BCUT2D eigenvalue weighted by Crippen LogP contribution is -2.06. The van der Waals surface area contributed by atoms with Gasteiger partial charge in [-0.05, 0) is 32.1 Å². The van der Waals surface area contributed by atoms with Gasteiger partial charge in [0.15, 0.2) is 0 Å². The molecule has 0 aliphatic heterocycles. The molecule has 0 heterocycles. The summed E-state index contributed by atoms with van der Waals surface area (Å²) >= 11 is 0. The molecule has 0 saturated carbocycles. The standard InChI is InChI=1S/C20H32O4/c1-2-3-13-16-19(24-23)17-14-11-9-7-5-4-6-8-10-12-15-18-20(21)22/h4-5,8-11,14,17,19,23H,2-3,6-7,12-13,15-16,18H2,1H3,(H,21,22)/b5-4?,10-8?,11-9?,17-14+/t19-/m0/s1. The topological polar surface area (TPSA) is 66.8 Å². The Labute approximate surface area is 146 Å². The second-order valence-electron chi connectivity index (χ2n) is 5.65. The second-order valence-corrected chi connectivity index (χ2v) is 5.65. The fourth-order valence-electron chi connectivity index (χ4n) is 2.06. The highest BCUT2D eigenvalue weighted by atomic mass is 17.1. The van der Waals surface area contributed by atoms with Gasteiger partial charge in [-0.3, -0.25) is 10.1 Å². The van der Waals surface area contributed by atoms with E-state index >= 15 is 0 Å². The first kappa shape index (κ1) is 22.4. The van der Waals surface area contributed by atoms with Crippen molar-refractivity contribution in [1.82, 2.24) is 0 Å². The number of aliphatic carboxylic acids is 1. The SMILES string of the molecule is CCCCC[C@@H](/C=C/C=CCC=CCC=CCCCC(=O)O)OO. The van der Waals surface area contributed by atoms with Crippen molar-refractivity contribution in [3.8, 4) is 0 Å². The summed E-state index contributed by atoms with van der Waals surface area (Å²) in [6, 6.07) is 0. The number of hydrogen-bond acceptors (Lipinski definition) is 3. The molecule has 0 aromatic carbocycles. The summed E-state index contributed by atoms with van der Waals surface area (Å²) in [5.41, 5.74) is 0. The predicted molar refractivity (Wildman–Crippen MR) is 98.9 cm³/mol. The Balaban J connectivity index is 3.70. The number of hydrogen-bond donors (Lipinski definition) is 2. The van der Waals surface area contributed by atoms with Crippen LogP contribution < -0.4 is 0 Å². The van der Waals surface area contributed by atoms with E-state index in [2.05, 4.69) is 30.0 Å². The highest BCUT2D eigenvalue weighted by Gasteiger charge is 2.02. The van der Waals surface area contributed by atoms with E-state index in [1.807, 2.05) is 30.4 Å². The highest BCUT2D eigenvalue weighted by molar-refractivity contribution is 5.66. The van der Waals surface area contributed by atoms with Crippen LogP contribution >= 0.6 is 0 Å². The van der Waals surface area contributed by atoms with Crippen molar-refractivity contribution in [3.63, 3.8) is 0 Å². The Morgan fingerprint density at radius 2 is 1.71 bits per heavy atom. The Morgan fingerprint density at radius 3 is 2.38 bits per heavy atom. The van der Waals surface area contributed by atoms with Gasteiger partial charge in [0.05, 0.1) is 0 Å². The van der Waals surface area contributed by atoms with E-state index in [1.165, 1.54) is 0 Å². The number of rotatable bonds is 15. The van der Waals surface area contributed by atoms with Crippen molar-refractivity contribution in [2.75, 3.05) is 0 Å². The maximum absolute atomic E-state index is 10.3. The normalized spacial score (nSPS) is 13.8. The summed E-state index contributed by atoms with van der Waals surface area (Å²) in [5, 5.41) is 17.3. The molecule has 0 aromatic heterocycles. The van der Waals surface area contributed by atoms with Crippen molar-refractivity contribution in [3.05, 3.63) is 48.6 Å². The molecule has 0 rings (SSSR count). The fraction of sp³-hybridized carbons (Fsp3) is 0.550. The lowest BCUT2D eigenvalue weighted by atomic mass is 10.1. The van der Waals surface area contributed by atoms with Crippen LogP contribution in [0.4, 0.5) is 0 Å². The van der Waals surface area contributed by atoms with Gasteiger partial charge >= 0.3 is 5.97 Å². The summed E-state index contributed by atoms with van der Waals surface area (Å²) in [6.07, 6.45) is 23.5. The van der Waals surface area contributed by atoms with Crippen molar-refractivity contribution in [2.45, 2.75) is 70.8 Å². The molecule has 136 valence electrons. The van der Waals surface area contributed by atoms with Gasteiger partial charge in [0.2, 0.25) is 0 Å². The molecular weight excluding hydrogens is 304 g/mol. The average molecular weight is 336 g/mol. The Bertz CT molecular complexity index is 408. The summed E-state index contributed by atoms with van der Waals surface area (Å²) in [4.78, 5) is 14.8. The Hall–Kier alpha value is -1.65. The molecule has 0 fully saturated rings. The number of carboxylic acids is 1. The molecule has 0 aliphatic rings. The number of carboxylic acid groups (broad SMARTS) is 1. The zero-order valence-electron chi connectivity index (χ0n) is 14.8. The van der Waals surface area contributed by atoms with Crippen LogP contribution in [0.5, 0.6) is 0 Å². The molecule has 4 heteroatoms. The second kappa shape index (κ2) is 17.7. The third-order valence-electron chi connectivity index (χ3n) is 3.44. The quantitative estimate of drug-likeness (QED) is 0.133. The van der Waals surface area contributed by atoms with E-state index in [1.54, 1.807) is 0 Å².